The fourth-order valence-corrected chi connectivity index (χ4v) is 5.41. The molecule has 0 heterocycles. The molecule has 102 valence electrons. The monoisotopic (exact) mass is 251 g/mol. The molecule has 4 bridgehead atoms. The summed E-state index contributed by atoms with van der Waals surface area (Å²) in [5, 5.41) is 12.1. The maximum absolute atomic E-state index is 12.6. The van der Waals surface area contributed by atoms with E-state index in [1.807, 2.05) is 6.92 Å². The molecule has 3 nitrogen and oxygen atoms in total. The molecule has 4 aliphatic rings. The molecule has 0 saturated heterocycles. The Morgan fingerprint density at radius 1 is 1.33 bits per heavy atom. The molecule has 0 radical (unpaired) electrons. The van der Waals surface area contributed by atoms with E-state index < -0.39 is 0 Å². The minimum atomic E-state index is -0.113. The molecule has 0 aromatic carbocycles. The predicted octanol–water partition coefficient (Wildman–Crippen LogP) is 2.09. The van der Waals surface area contributed by atoms with Crippen molar-refractivity contribution in [3.63, 3.8) is 0 Å². The summed E-state index contributed by atoms with van der Waals surface area (Å²) in [6.07, 6.45) is 7.24. The summed E-state index contributed by atoms with van der Waals surface area (Å²) in [5.74, 6) is 1.75. The van der Waals surface area contributed by atoms with Crippen LogP contribution in [0.5, 0.6) is 0 Å². The Bertz CT molecular complexity index is 352. The van der Waals surface area contributed by atoms with Gasteiger partial charge in [0.15, 0.2) is 0 Å². The highest BCUT2D eigenvalue weighted by atomic mass is 16.3. The molecule has 2 unspecified atom stereocenters. The molecule has 0 aromatic heterocycles. The van der Waals surface area contributed by atoms with Gasteiger partial charge in [-0.15, -0.1) is 0 Å². The lowest BCUT2D eigenvalue weighted by atomic mass is 9.44. The Hall–Kier alpha value is -0.570. The van der Waals surface area contributed by atoms with Crippen LogP contribution in [0.2, 0.25) is 0 Å². The highest BCUT2D eigenvalue weighted by Gasteiger charge is 2.58. The van der Waals surface area contributed by atoms with Gasteiger partial charge in [-0.3, -0.25) is 4.79 Å². The van der Waals surface area contributed by atoms with E-state index in [9.17, 15) is 4.79 Å². The van der Waals surface area contributed by atoms with Crippen molar-refractivity contribution in [1.82, 2.24) is 5.32 Å². The number of hydrogen-bond acceptors (Lipinski definition) is 2. The number of hydrogen-bond donors (Lipinski definition) is 2. The van der Waals surface area contributed by atoms with Gasteiger partial charge in [-0.2, -0.15) is 0 Å². The van der Waals surface area contributed by atoms with Gasteiger partial charge >= 0.3 is 0 Å². The number of nitrogens with one attached hydrogen (secondary N) is 1. The lowest BCUT2D eigenvalue weighted by molar-refractivity contribution is -0.156. The quantitative estimate of drug-likeness (QED) is 0.807. The van der Waals surface area contributed by atoms with Crippen molar-refractivity contribution >= 4 is 5.91 Å². The zero-order chi connectivity index (χ0) is 13.0. The van der Waals surface area contributed by atoms with Crippen LogP contribution in [0.4, 0.5) is 0 Å². The fraction of sp³-hybridized carbons (Fsp3) is 0.933. The summed E-state index contributed by atoms with van der Waals surface area (Å²) in [5.41, 5.74) is 0.298. The van der Waals surface area contributed by atoms with Gasteiger partial charge in [0.2, 0.25) is 5.91 Å². The van der Waals surface area contributed by atoms with Gasteiger partial charge in [0.25, 0.3) is 0 Å². The molecule has 0 aromatic rings. The minimum absolute atomic E-state index is 0.0337. The Kier molecular flexibility index (Phi) is 2.74. The third kappa shape index (κ3) is 1.87. The highest BCUT2D eigenvalue weighted by Crippen LogP contribution is 2.65. The van der Waals surface area contributed by atoms with Crippen LogP contribution < -0.4 is 5.32 Å². The van der Waals surface area contributed by atoms with Crippen LogP contribution in [-0.4, -0.2) is 23.7 Å². The van der Waals surface area contributed by atoms with Crippen LogP contribution in [-0.2, 0) is 4.79 Å². The first-order chi connectivity index (χ1) is 8.45. The average Bonchev–Trinajstić information content (AvgIpc) is 2.25. The van der Waals surface area contributed by atoms with Gasteiger partial charge < -0.3 is 10.4 Å². The largest absolute Gasteiger partial charge is 0.394 e. The number of rotatable bonds is 3. The molecule has 3 heteroatoms. The van der Waals surface area contributed by atoms with Crippen molar-refractivity contribution in [2.24, 2.45) is 22.7 Å². The van der Waals surface area contributed by atoms with E-state index in [0.717, 1.165) is 31.1 Å². The summed E-state index contributed by atoms with van der Waals surface area (Å²) in [4.78, 5) is 12.6. The molecule has 3 atom stereocenters. The van der Waals surface area contributed by atoms with Crippen molar-refractivity contribution in [3.8, 4) is 0 Å². The van der Waals surface area contributed by atoms with Crippen LogP contribution in [0.25, 0.3) is 0 Å². The smallest absolute Gasteiger partial charge is 0.226 e. The van der Waals surface area contributed by atoms with Crippen molar-refractivity contribution in [2.75, 3.05) is 6.61 Å². The van der Waals surface area contributed by atoms with Gasteiger partial charge in [0.1, 0.15) is 0 Å². The summed E-state index contributed by atoms with van der Waals surface area (Å²) in [6, 6.07) is -0.113. The third-order valence-electron chi connectivity index (χ3n) is 5.49. The highest BCUT2D eigenvalue weighted by molar-refractivity contribution is 5.83. The van der Waals surface area contributed by atoms with E-state index >= 15 is 0 Å². The number of amides is 1. The zero-order valence-electron chi connectivity index (χ0n) is 11.5. The number of carbonyl (C=O) groups excluding carboxylic acids is 1. The van der Waals surface area contributed by atoms with Crippen LogP contribution in [0.3, 0.4) is 0 Å². The molecular weight excluding hydrogens is 226 g/mol. The molecule has 4 aliphatic carbocycles. The molecule has 4 fully saturated rings. The van der Waals surface area contributed by atoms with E-state index in [1.54, 1.807) is 0 Å². The SMILES string of the molecule is C[C@@H](CO)NC(=O)C12CC3CC(CC(C)(C3)C1)C2. The lowest BCUT2D eigenvalue weighted by Crippen LogP contribution is -2.58. The Morgan fingerprint density at radius 2 is 1.94 bits per heavy atom. The van der Waals surface area contributed by atoms with Crippen LogP contribution in [0.15, 0.2) is 0 Å². The second-order valence-corrected chi connectivity index (χ2v) is 7.61. The van der Waals surface area contributed by atoms with E-state index in [2.05, 4.69) is 12.2 Å². The summed E-state index contributed by atoms with van der Waals surface area (Å²) < 4.78 is 0. The predicted molar refractivity (Wildman–Crippen MR) is 69.9 cm³/mol. The molecule has 0 aliphatic heterocycles. The summed E-state index contributed by atoms with van der Waals surface area (Å²) in [7, 11) is 0. The normalized spacial score (nSPS) is 47.1. The summed E-state index contributed by atoms with van der Waals surface area (Å²) in [6.45, 7) is 4.29. The van der Waals surface area contributed by atoms with Crippen molar-refractivity contribution in [2.45, 2.75) is 58.4 Å². The average molecular weight is 251 g/mol. The van der Waals surface area contributed by atoms with Crippen LogP contribution in [0, 0.1) is 22.7 Å². The third-order valence-corrected chi connectivity index (χ3v) is 5.49. The molecule has 2 N–H and O–H groups in total. The van der Waals surface area contributed by atoms with E-state index in [4.69, 9.17) is 5.11 Å². The first-order valence-corrected chi connectivity index (χ1v) is 7.37. The molecule has 0 spiro atoms. The van der Waals surface area contributed by atoms with E-state index in [-0.39, 0.29) is 24.0 Å². The van der Waals surface area contributed by atoms with E-state index in [0.29, 0.717) is 5.41 Å². The van der Waals surface area contributed by atoms with E-state index in [1.165, 1.54) is 19.3 Å². The van der Waals surface area contributed by atoms with Gasteiger partial charge in [-0.25, -0.2) is 0 Å². The minimum Gasteiger partial charge on any atom is -0.394 e. The molecule has 4 rings (SSSR count). The second-order valence-electron chi connectivity index (χ2n) is 7.61. The fourth-order valence-electron chi connectivity index (χ4n) is 5.41. The standard InChI is InChI=1S/C15H25NO2/c1-10(8-17)16-13(18)15-6-11-3-12(7-15)5-14(2,4-11)9-15/h10-12,17H,3-9H2,1-2H3,(H,16,18)/t10-,11?,12?,14?,15?/m0/s1. The number of aliphatic hydroxyl groups is 1. The maximum Gasteiger partial charge on any atom is 0.226 e. The van der Waals surface area contributed by atoms with Crippen molar-refractivity contribution < 1.29 is 9.90 Å². The summed E-state index contributed by atoms with van der Waals surface area (Å²) >= 11 is 0. The Balaban J connectivity index is 1.80. The molecule has 18 heavy (non-hydrogen) atoms. The van der Waals surface area contributed by atoms with Gasteiger partial charge in [0.05, 0.1) is 12.0 Å². The number of aliphatic hydroxyl groups excluding tert-OH is 1. The number of carbonyl (C=O) groups is 1. The Labute approximate surface area is 109 Å². The first-order valence-electron chi connectivity index (χ1n) is 7.37. The maximum atomic E-state index is 12.6. The molecule has 1 amide bonds. The zero-order valence-corrected chi connectivity index (χ0v) is 11.5. The van der Waals surface area contributed by atoms with Crippen LogP contribution in [0.1, 0.15) is 52.4 Å². The topological polar surface area (TPSA) is 49.3 Å². The van der Waals surface area contributed by atoms with Gasteiger partial charge in [0, 0.05) is 6.04 Å². The Morgan fingerprint density at radius 3 is 2.44 bits per heavy atom. The lowest BCUT2D eigenvalue weighted by Gasteiger charge is -2.60. The van der Waals surface area contributed by atoms with Gasteiger partial charge in [-0.1, -0.05) is 6.92 Å². The van der Waals surface area contributed by atoms with Crippen LogP contribution >= 0.6 is 0 Å². The molecular formula is C15H25NO2. The molecule has 4 saturated carbocycles. The van der Waals surface area contributed by atoms with Crippen molar-refractivity contribution in [1.29, 1.82) is 0 Å². The van der Waals surface area contributed by atoms with Crippen molar-refractivity contribution in [3.05, 3.63) is 0 Å². The second kappa shape index (κ2) is 3.96. The first kappa shape index (κ1) is 12.5. The van der Waals surface area contributed by atoms with Gasteiger partial charge in [-0.05, 0) is 62.7 Å².